The van der Waals surface area contributed by atoms with Gasteiger partial charge in [-0.2, -0.15) is 5.10 Å². The van der Waals surface area contributed by atoms with Gasteiger partial charge in [-0.15, -0.1) is 0 Å². The molecule has 208 valence electrons. The standard InChI is InChI=1S/C30H26Cl2N6O3/c31-25-11-10-21(12-26(25)32)16-38-17-22(24-8-4-5-9-28(24)38)14-35-37-29(39)27(13-23-15-33-19-34-23)36-30(40)41-18-20-6-2-1-3-7-20/h1-12,14-15,17,19,27H,13,16,18H2,(H,33,34)(H,36,40)(H,37,39)/b35-14-/t27-/m1/s1. The fourth-order valence-electron chi connectivity index (χ4n) is 4.32. The molecule has 2 heterocycles. The zero-order chi connectivity index (χ0) is 28.6. The molecule has 0 saturated heterocycles. The van der Waals surface area contributed by atoms with E-state index in [4.69, 9.17) is 27.9 Å². The molecule has 0 aliphatic heterocycles. The number of para-hydroxylation sites is 1. The second kappa shape index (κ2) is 13.2. The van der Waals surface area contributed by atoms with Gasteiger partial charge in [0.1, 0.15) is 12.6 Å². The number of benzene rings is 3. The van der Waals surface area contributed by atoms with Gasteiger partial charge in [0.15, 0.2) is 0 Å². The number of amides is 2. The van der Waals surface area contributed by atoms with E-state index < -0.39 is 18.0 Å². The fraction of sp³-hybridized carbons (Fsp3) is 0.133. The number of imidazole rings is 1. The van der Waals surface area contributed by atoms with E-state index in [2.05, 4.69) is 30.4 Å². The highest BCUT2D eigenvalue weighted by Gasteiger charge is 2.22. The smallest absolute Gasteiger partial charge is 0.408 e. The SMILES string of the molecule is O=C(N[C@H](Cc1cnc[nH]1)C(=O)N/N=C\c1cn(Cc2ccc(Cl)c(Cl)c2)c2ccccc12)OCc1ccccc1. The van der Waals surface area contributed by atoms with Gasteiger partial charge in [-0.05, 0) is 29.3 Å². The van der Waals surface area contributed by atoms with E-state index in [-0.39, 0.29) is 13.0 Å². The summed E-state index contributed by atoms with van der Waals surface area (Å²) in [5, 5.41) is 8.77. The van der Waals surface area contributed by atoms with Crippen LogP contribution < -0.4 is 10.7 Å². The molecule has 3 N–H and O–H groups in total. The van der Waals surface area contributed by atoms with Gasteiger partial charge in [0.05, 0.1) is 22.6 Å². The van der Waals surface area contributed by atoms with E-state index in [9.17, 15) is 9.59 Å². The molecule has 0 fully saturated rings. The number of hydrazone groups is 1. The second-order valence-electron chi connectivity index (χ2n) is 9.25. The number of carbonyl (C=O) groups is 2. The minimum absolute atomic E-state index is 0.0789. The van der Waals surface area contributed by atoms with Gasteiger partial charge in [0.25, 0.3) is 5.91 Å². The average molecular weight is 589 g/mol. The molecule has 11 heteroatoms. The summed E-state index contributed by atoms with van der Waals surface area (Å²) in [6, 6.07) is 21.7. The van der Waals surface area contributed by atoms with E-state index in [1.807, 2.05) is 72.9 Å². The van der Waals surface area contributed by atoms with E-state index in [1.54, 1.807) is 18.5 Å². The molecule has 9 nitrogen and oxygen atoms in total. The van der Waals surface area contributed by atoms with Crippen molar-refractivity contribution in [1.82, 2.24) is 25.3 Å². The zero-order valence-electron chi connectivity index (χ0n) is 21.8. The number of rotatable bonds is 10. The van der Waals surface area contributed by atoms with Gasteiger partial charge in [0, 0.05) is 47.5 Å². The third kappa shape index (κ3) is 7.33. The molecule has 41 heavy (non-hydrogen) atoms. The van der Waals surface area contributed by atoms with Crippen molar-refractivity contribution in [2.75, 3.05) is 0 Å². The number of ether oxygens (including phenoxy) is 1. The Kier molecular flexibility index (Phi) is 8.98. The molecule has 0 radical (unpaired) electrons. The second-order valence-corrected chi connectivity index (χ2v) is 10.1. The number of nitrogens with zero attached hydrogens (tertiary/aromatic N) is 3. The Hall–Kier alpha value is -4.60. The lowest BCUT2D eigenvalue weighted by Gasteiger charge is -2.16. The lowest BCUT2D eigenvalue weighted by atomic mass is 10.1. The van der Waals surface area contributed by atoms with Crippen molar-refractivity contribution in [1.29, 1.82) is 0 Å². The van der Waals surface area contributed by atoms with Crippen LogP contribution in [0.25, 0.3) is 10.9 Å². The molecule has 2 amide bonds. The Morgan fingerprint density at radius 2 is 1.83 bits per heavy atom. The Labute approximate surface area is 246 Å². The number of nitrogens with one attached hydrogen (secondary N) is 3. The summed E-state index contributed by atoms with van der Waals surface area (Å²) in [5.74, 6) is -0.507. The van der Waals surface area contributed by atoms with Crippen LogP contribution in [-0.4, -0.2) is 38.8 Å². The summed E-state index contributed by atoms with van der Waals surface area (Å²) in [7, 11) is 0. The lowest BCUT2D eigenvalue weighted by Crippen LogP contribution is -2.47. The van der Waals surface area contributed by atoms with Crippen molar-refractivity contribution in [2.45, 2.75) is 25.6 Å². The highest BCUT2D eigenvalue weighted by Crippen LogP contribution is 2.25. The average Bonchev–Trinajstić information content (AvgIpc) is 3.62. The maximum atomic E-state index is 13.1. The minimum Gasteiger partial charge on any atom is -0.445 e. The van der Waals surface area contributed by atoms with Crippen LogP contribution in [0.2, 0.25) is 10.0 Å². The number of hydrogen-bond donors (Lipinski definition) is 3. The van der Waals surface area contributed by atoms with Gasteiger partial charge in [0.2, 0.25) is 0 Å². The first-order valence-corrected chi connectivity index (χ1v) is 13.5. The van der Waals surface area contributed by atoms with Gasteiger partial charge < -0.3 is 19.6 Å². The lowest BCUT2D eigenvalue weighted by molar-refractivity contribution is -0.123. The molecule has 0 aliphatic rings. The molecule has 1 atom stereocenters. The quantitative estimate of drug-likeness (QED) is 0.143. The molecular formula is C30H26Cl2N6O3. The van der Waals surface area contributed by atoms with Crippen molar-refractivity contribution in [3.05, 3.63) is 124 Å². The van der Waals surface area contributed by atoms with Crippen molar-refractivity contribution in [3.8, 4) is 0 Å². The van der Waals surface area contributed by atoms with Crippen LogP contribution in [0.5, 0.6) is 0 Å². The monoisotopic (exact) mass is 588 g/mol. The number of aromatic amines is 1. The van der Waals surface area contributed by atoms with Crippen LogP contribution in [0, 0.1) is 0 Å². The van der Waals surface area contributed by atoms with E-state index in [0.29, 0.717) is 22.3 Å². The molecule has 0 unspecified atom stereocenters. The van der Waals surface area contributed by atoms with Crippen LogP contribution in [-0.2, 0) is 29.1 Å². The Bertz CT molecular complexity index is 1670. The third-order valence-corrected chi connectivity index (χ3v) is 7.07. The fourth-order valence-corrected chi connectivity index (χ4v) is 4.64. The largest absolute Gasteiger partial charge is 0.445 e. The molecule has 0 aliphatic carbocycles. The van der Waals surface area contributed by atoms with Gasteiger partial charge >= 0.3 is 6.09 Å². The van der Waals surface area contributed by atoms with Crippen molar-refractivity contribution in [3.63, 3.8) is 0 Å². The topological polar surface area (TPSA) is 113 Å². The number of aromatic nitrogens is 3. The highest BCUT2D eigenvalue weighted by molar-refractivity contribution is 6.42. The number of hydrogen-bond acceptors (Lipinski definition) is 5. The zero-order valence-corrected chi connectivity index (χ0v) is 23.3. The van der Waals surface area contributed by atoms with Crippen LogP contribution in [0.15, 0.2) is 96.6 Å². The summed E-state index contributed by atoms with van der Waals surface area (Å²) in [6.07, 6.45) is 6.07. The third-order valence-electron chi connectivity index (χ3n) is 6.33. The Morgan fingerprint density at radius 3 is 2.61 bits per heavy atom. The molecular weight excluding hydrogens is 563 g/mol. The minimum atomic E-state index is -0.952. The number of H-pyrrole nitrogens is 1. The predicted molar refractivity (Wildman–Crippen MR) is 159 cm³/mol. The summed E-state index contributed by atoms with van der Waals surface area (Å²) >= 11 is 12.3. The summed E-state index contributed by atoms with van der Waals surface area (Å²) < 4.78 is 7.38. The van der Waals surface area contributed by atoms with Gasteiger partial charge in [-0.3, -0.25) is 4.79 Å². The molecule has 0 bridgehead atoms. The van der Waals surface area contributed by atoms with Gasteiger partial charge in [-0.25, -0.2) is 15.2 Å². The van der Waals surface area contributed by atoms with E-state index in [0.717, 1.165) is 27.6 Å². The van der Waals surface area contributed by atoms with Crippen LogP contribution in [0.1, 0.15) is 22.4 Å². The summed E-state index contributed by atoms with van der Waals surface area (Å²) in [4.78, 5) is 32.5. The molecule has 2 aromatic heterocycles. The van der Waals surface area contributed by atoms with Crippen LogP contribution >= 0.6 is 23.2 Å². The van der Waals surface area contributed by atoms with Gasteiger partial charge in [-0.1, -0.05) is 77.8 Å². The molecule has 0 saturated carbocycles. The molecule has 5 rings (SSSR count). The summed E-state index contributed by atoms with van der Waals surface area (Å²) in [5.41, 5.74) is 6.84. The first-order valence-electron chi connectivity index (χ1n) is 12.8. The maximum absolute atomic E-state index is 13.1. The first kappa shape index (κ1) is 27.9. The number of alkyl carbamates (subject to hydrolysis) is 1. The highest BCUT2D eigenvalue weighted by atomic mass is 35.5. The number of halogens is 2. The van der Waals surface area contributed by atoms with Crippen molar-refractivity contribution < 1.29 is 14.3 Å². The predicted octanol–water partition coefficient (Wildman–Crippen LogP) is 5.71. The van der Waals surface area contributed by atoms with E-state index >= 15 is 0 Å². The normalized spacial score (nSPS) is 12.0. The Morgan fingerprint density at radius 1 is 1.02 bits per heavy atom. The molecule has 5 aromatic rings. The van der Waals surface area contributed by atoms with Crippen LogP contribution in [0.3, 0.4) is 0 Å². The van der Waals surface area contributed by atoms with E-state index in [1.165, 1.54) is 6.33 Å². The van der Waals surface area contributed by atoms with Crippen LogP contribution in [0.4, 0.5) is 4.79 Å². The summed E-state index contributed by atoms with van der Waals surface area (Å²) in [6.45, 7) is 0.647. The number of fused-ring (bicyclic) bond motifs is 1. The Balaban J connectivity index is 1.27. The number of carbonyl (C=O) groups excluding carboxylic acids is 2. The van der Waals surface area contributed by atoms with Crippen molar-refractivity contribution in [2.24, 2.45) is 5.10 Å². The molecule has 3 aromatic carbocycles. The molecule has 0 spiro atoms. The van der Waals surface area contributed by atoms with Crippen molar-refractivity contribution >= 4 is 52.3 Å². The first-order chi connectivity index (χ1) is 20.0. The maximum Gasteiger partial charge on any atom is 0.408 e.